The normalized spacial score (nSPS) is 24.1. The monoisotopic (exact) mass is 584 g/mol. The summed E-state index contributed by atoms with van der Waals surface area (Å²) >= 11 is 0. The van der Waals surface area contributed by atoms with Gasteiger partial charge in [0.15, 0.2) is 5.78 Å². The predicted molar refractivity (Wildman–Crippen MR) is 156 cm³/mol. The summed E-state index contributed by atoms with van der Waals surface area (Å²) < 4.78 is 16.0. The first-order valence-corrected chi connectivity index (χ1v) is 14.8. The standard InChI is InChI=1S/C31H44N4O7/c1-20-5-6-23(15-20)17-25(28(37)31(3)19-42-31)33-30(39)26(16-22-7-9-24(40-4)10-8-22)34-29(38)21(2)32-27(36)18-35-11-13-41-14-12-35/h7-10,15,20-21,25-26H,5-6,11-14,16-19H2,1-4H3,(H,32,36)(H,33,39)(H,34,38)/t20?,21-,25-,26-,31-/m0/s1. The molecule has 1 aromatic carbocycles. The van der Waals surface area contributed by atoms with Crippen molar-refractivity contribution in [3.8, 4) is 5.75 Å². The molecule has 1 unspecified atom stereocenters. The third-order valence-electron chi connectivity index (χ3n) is 8.11. The van der Waals surface area contributed by atoms with Gasteiger partial charge in [-0.15, -0.1) is 0 Å². The first kappa shape index (κ1) is 31.7. The number of carbonyl (C=O) groups is 4. The zero-order chi connectivity index (χ0) is 30.3. The fourth-order valence-corrected chi connectivity index (χ4v) is 5.33. The summed E-state index contributed by atoms with van der Waals surface area (Å²) in [4.78, 5) is 54.9. The summed E-state index contributed by atoms with van der Waals surface area (Å²) in [6, 6.07) is 4.59. The topological polar surface area (TPSA) is 139 Å². The molecule has 11 heteroatoms. The highest BCUT2D eigenvalue weighted by molar-refractivity contribution is 5.98. The Labute approximate surface area is 247 Å². The molecule has 3 N–H and O–H groups in total. The number of amides is 3. The highest BCUT2D eigenvalue weighted by Gasteiger charge is 2.50. The molecule has 42 heavy (non-hydrogen) atoms. The number of hydrogen-bond donors (Lipinski definition) is 3. The van der Waals surface area contributed by atoms with E-state index < -0.39 is 35.5 Å². The zero-order valence-corrected chi connectivity index (χ0v) is 25.1. The molecule has 3 amide bonds. The maximum absolute atomic E-state index is 13.7. The van der Waals surface area contributed by atoms with Gasteiger partial charge >= 0.3 is 0 Å². The molecule has 0 aromatic heterocycles. The second-order valence-corrected chi connectivity index (χ2v) is 11.8. The average molecular weight is 585 g/mol. The number of epoxide rings is 1. The van der Waals surface area contributed by atoms with E-state index in [9.17, 15) is 19.2 Å². The highest BCUT2D eigenvalue weighted by Crippen LogP contribution is 2.32. The number of hydrogen-bond acceptors (Lipinski definition) is 8. The van der Waals surface area contributed by atoms with Crippen LogP contribution in [0.3, 0.4) is 0 Å². The van der Waals surface area contributed by atoms with Crippen LogP contribution in [0, 0.1) is 5.92 Å². The molecule has 11 nitrogen and oxygen atoms in total. The fraction of sp³-hybridized carbons (Fsp3) is 0.613. The number of carbonyl (C=O) groups excluding carboxylic acids is 4. The Morgan fingerprint density at radius 2 is 1.69 bits per heavy atom. The summed E-state index contributed by atoms with van der Waals surface area (Å²) in [6.45, 7) is 8.37. The van der Waals surface area contributed by atoms with E-state index in [-0.39, 0.29) is 24.7 Å². The van der Waals surface area contributed by atoms with Crippen LogP contribution >= 0.6 is 0 Å². The molecule has 4 rings (SSSR count). The number of nitrogens with one attached hydrogen (secondary N) is 3. The Kier molecular flexibility index (Phi) is 10.7. The van der Waals surface area contributed by atoms with E-state index in [1.54, 1.807) is 33.1 Å². The van der Waals surface area contributed by atoms with Crippen molar-refractivity contribution in [3.63, 3.8) is 0 Å². The van der Waals surface area contributed by atoms with Crippen molar-refractivity contribution < 1.29 is 33.4 Å². The van der Waals surface area contributed by atoms with Gasteiger partial charge in [0, 0.05) is 19.5 Å². The molecule has 1 aliphatic carbocycles. The first-order chi connectivity index (χ1) is 20.1. The fourth-order valence-electron chi connectivity index (χ4n) is 5.33. The van der Waals surface area contributed by atoms with Crippen molar-refractivity contribution in [3.05, 3.63) is 41.5 Å². The minimum absolute atomic E-state index is 0.163. The lowest BCUT2D eigenvalue weighted by Gasteiger charge is -2.27. The lowest BCUT2D eigenvalue weighted by atomic mass is 9.94. The number of benzene rings is 1. The SMILES string of the molecule is COc1ccc(C[C@H](NC(=O)[C@H](C)NC(=O)CN2CCOCC2)C(=O)N[C@@H](CC2=CC(C)CC2)C(=O)[C@]2(C)CO2)cc1. The Bertz CT molecular complexity index is 1160. The molecule has 2 saturated heterocycles. The van der Waals surface area contributed by atoms with Gasteiger partial charge in [0.05, 0.1) is 39.5 Å². The van der Waals surface area contributed by atoms with Crippen LogP contribution in [-0.4, -0.2) is 98.7 Å². The van der Waals surface area contributed by atoms with Crippen molar-refractivity contribution in [2.45, 2.75) is 70.2 Å². The molecule has 0 bridgehead atoms. The van der Waals surface area contributed by atoms with Crippen LogP contribution in [0.4, 0.5) is 0 Å². The summed E-state index contributed by atoms with van der Waals surface area (Å²) in [7, 11) is 1.57. The van der Waals surface area contributed by atoms with Crippen molar-refractivity contribution in [2.24, 2.45) is 5.92 Å². The summed E-state index contributed by atoms with van der Waals surface area (Å²) in [5.74, 6) is -0.316. The predicted octanol–water partition coefficient (Wildman–Crippen LogP) is 1.15. The van der Waals surface area contributed by atoms with E-state index in [0.717, 1.165) is 24.0 Å². The number of nitrogens with zero attached hydrogens (tertiary/aromatic N) is 1. The van der Waals surface area contributed by atoms with Crippen LogP contribution < -0.4 is 20.7 Å². The number of morpholine rings is 1. The molecule has 0 spiro atoms. The Morgan fingerprint density at radius 1 is 1.02 bits per heavy atom. The van der Waals surface area contributed by atoms with Crippen molar-refractivity contribution in [1.82, 2.24) is 20.9 Å². The van der Waals surface area contributed by atoms with E-state index >= 15 is 0 Å². The van der Waals surface area contributed by atoms with Gasteiger partial charge in [-0.2, -0.15) is 0 Å². The largest absolute Gasteiger partial charge is 0.497 e. The molecule has 1 aromatic rings. The molecule has 230 valence electrons. The van der Waals surface area contributed by atoms with E-state index in [2.05, 4.69) is 29.0 Å². The third kappa shape index (κ3) is 8.86. The molecule has 0 saturated carbocycles. The van der Waals surface area contributed by atoms with Gasteiger partial charge in [0.1, 0.15) is 23.4 Å². The highest BCUT2D eigenvalue weighted by atomic mass is 16.6. The number of ether oxygens (including phenoxy) is 3. The van der Waals surface area contributed by atoms with Crippen LogP contribution in [0.15, 0.2) is 35.9 Å². The van der Waals surface area contributed by atoms with Gasteiger partial charge in [-0.25, -0.2) is 0 Å². The van der Waals surface area contributed by atoms with Crippen LogP contribution in [0.25, 0.3) is 0 Å². The van der Waals surface area contributed by atoms with E-state index in [1.807, 2.05) is 17.0 Å². The summed E-state index contributed by atoms with van der Waals surface area (Å²) in [5, 5.41) is 8.48. The molecule has 2 aliphatic heterocycles. The van der Waals surface area contributed by atoms with Crippen LogP contribution in [0.5, 0.6) is 5.75 Å². The number of methoxy groups -OCH3 is 1. The maximum atomic E-state index is 13.7. The van der Waals surface area contributed by atoms with E-state index in [4.69, 9.17) is 14.2 Å². The second-order valence-electron chi connectivity index (χ2n) is 11.8. The van der Waals surface area contributed by atoms with Crippen molar-refractivity contribution >= 4 is 23.5 Å². The Morgan fingerprint density at radius 3 is 2.29 bits per heavy atom. The van der Waals surface area contributed by atoms with Gasteiger partial charge in [-0.05, 0) is 56.7 Å². The molecule has 3 aliphatic rings. The smallest absolute Gasteiger partial charge is 0.243 e. The van der Waals surface area contributed by atoms with Crippen LogP contribution in [-0.2, 0) is 35.1 Å². The Hall–Kier alpha value is -3.28. The van der Waals surface area contributed by atoms with Crippen LogP contribution in [0.1, 0.15) is 45.6 Å². The number of allylic oxidation sites excluding steroid dienone is 1. The maximum Gasteiger partial charge on any atom is 0.243 e. The van der Waals surface area contributed by atoms with Gasteiger partial charge < -0.3 is 30.2 Å². The quantitative estimate of drug-likeness (QED) is 0.219. The van der Waals surface area contributed by atoms with Crippen molar-refractivity contribution in [1.29, 1.82) is 0 Å². The summed E-state index contributed by atoms with van der Waals surface area (Å²) in [5.41, 5.74) is 1.03. The van der Waals surface area contributed by atoms with Crippen molar-refractivity contribution in [2.75, 3.05) is 46.6 Å². The number of ketones is 1. The van der Waals surface area contributed by atoms with E-state index in [0.29, 0.717) is 51.0 Å². The van der Waals surface area contributed by atoms with Gasteiger partial charge in [0.2, 0.25) is 17.7 Å². The molecule has 5 atom stereocenters. The average Bonchev–Trinajstić information content (AvgIpc) is 3.60. The van der Waals surface area contributed by atoms with Gasteiger partial charge in [-0.1, -0.05) is 30.7 Å². The molecule has 2 fully saturated rings. The molecular weight excluding hydrogens is 540 g/mol. The second kappa shape index (κ2) is 14.3. The summed E-state index contributed by atoms with van der Waals surface area (Å²) in [6.07, 6.45) is 4.66. The van der Waals surface area contributed by atoms with Gasteiger partial charge in [0.25, 0.3) is 0 Å². The van der Waals surface area contributed by atoms with Gasteiger partial charge in [-0.3, -0.25) is 24.1 Å². The Balaban J connectivity index is 1.45. The van der Waals surface area contributed by atoms with Crippen LogP contribution in [0.2, 0.25) is 0 Å². The lowest BCUT2D eigenvalue weighted by molar-refractivity contribution is -0.134. The molecule has 2 heterocycles. The van der Waals surface area contributed by atoms with E-state index in [1.165, 1.54) is 0 Å². The minimum Gasteiger partial charge on any atom is -0.497 e. The molecular formula is C31H44N4O7. The minimum atomic E-state index is -0.982. The number of Topliss-reactive ketones (excluding diaryl/α,β-unsaturated/α-hetero) is 1. The lowest BCUT2D eigenvalue weighted by Crippen LogP contribution is -2.57. The zero-order valence-electron chi connectivity index (χ0n) is 25.1. The third-order valence-corrected chi connectivity index (χ3v) is 8.11. The first-order valence-electron chi connectivity index (χ1n) is 14.8. The number of rotatable bonds is 14. The molecule has 0 radical (unpaired) electrons.